The van der Waals surface area contributed by atoms with Crippen LogP contribution in [-0.2, 0) is 57.5 Å². The summed E-state index contributed by atoms with van der Waals surface area (Å²) < 4.78 is 0. The van der Waals surface area contributed by atoms with Crippen molar-refractivity contribution >= 4 is 70.9 Å². The van der Waals surface area contributed by atoms with Gasteiger partial charge in [-0.15, -0.1) is 0 Å². The molecule has 0 bridgehead atoms. The van der Waals surface area contributed by atoms with Gasteiger partial charge in [-0.3, -0.25) is 57.5 Å². The number of primary amides is 1. The summed E-state index contributed by atoms with van der Waals surface area (Å²) in [5.41, 5.74) is 17.3. The number of hydrogen-bond donors (Lipinski definition) is 17. The Morgan fingerprint density at radius 3 is 1.10 bits per heavy atom. The standard InChI is InChI=1S/C60H112N14O15/c1-16-34(12)46(62)57(86)69-40(24-31(6)7)51(80)64-27-45(78)72-47(35(13)17-2)58(87)73-48(36(14)18-3)59(88)74-49(37(15)77)60(89)71-44(29-76)56(85)68-42(26-33(10)11)54(83)67-41(25-32(8)9)53(82)65-38(21-19-20-22-61)52(81)70-43(28-75)55(84)66-39(50(63)79)23-30(4)5/h30-44,46-49,75-77H,16-29,61-62H2,1-15H3,(H2,63,79)(H,64,80)(H,65,82)(H,66,84)(H,67,83)(H,68,85)(H,69,86)(H,70,81)(H,71,89)(H,72,78)(H,73,87)(H,74,88)/t34-,35-,36-,37+,38-,39-,40-,41-,42-,43-,44-,46-,47-,48-,49-/m0/s1. The molecule has 0 heterocycles. The van der Waals surface area contributed by atoms with E-state index >= 15 is 0 Å². The lowest BCUT2D eigenvalue weighted by Crippen LogP contribution is -2.63. The molecule has 0 spiro atoms. The third kappa shape index (κ3) is 30.7. The smallest absolute Gasteiger partial charge is 0.245 e. The topological polar surface area (TPSA) is 476 Å². The molecule has 0 saturated heterocycles. The predicted molar refractivity (Wildman–Crippen MR) is 334 cm³/mol. The third-order valence-electron chi connectivity index (χ3n) is 15.2. The Morgan fingerprint density at radius 2 is 0.708 bits per heavy atom. The van der Waals surface area contributed by atoms with Gasteiger partial charge in [-0.05, 0) is 99.8 Å². The van der Waals surface area contributed by atoms with E-state index in [1.165, 1.54) is 6.92 Å². The minimum Gasteiger partial charge on any atom is -0.394 e. The van der Waals surface area contributed by atoms with E-state index in [2.05, 4.69) is 58.5 Å². The number of nitrogens with one attached hydrogen (secondary N) is 11. The molecule has 0 unspecified atom stereocenters. The van der Waals surface area contributed by atoms with E-state index in [0.29, 0.717) is 32.1 Å². The van der Waals surface area contributed by atoms with Crippen LogP contribution in [0.2, 0.25) is 0 Å². The molecule has 512 valence electrons. The summed E-state index contributed by atoms with van der Waals surface area (Å²) in [6.45, 7) is 23.8. The largest absolute Gasteiger partial charge is 0.394 e. The van der Waals surface area contributed by atoms with Gasteiger partial charge in [0, 0.05) is 0 Å². The molecule has 0 rings (SSSR count). The zero-order valence-electron chi connectivity index (χ0n) is 55.3. The van der Waals surface area contributed by atoms with E-state index in [9.17, 15) is 72.9 Å². The van der Waals surface area contributed by atoms with Crippen LogP contribution in [-0.4, -0.2) is 185 Å². The van der Waals surface area contributed by atoms with Gasteiger partial charge in [0.2, 0.25) is 70.9 Å². The normalized spacial score (nSPS) is 16.6. The maximum atomic E-state index is 14.2. The number of amides is 12. The van der Waals surface area contributed by atoms with Gasteiger partial charge in [0.05, 0.1) is 31.9 Å². The van der Waals surface area contributed by atoms with Crippen LogP contribution in [0.1, 0.15) is 168 Å². The summed E-state index contributed by atoms with van der Waals surface area (Å²) in [6, 6.07) is -14.7. The van der Waals surface area contributed by atoms with Crippen molar-refractivity contribution < 1.29 is 72.9 Å². The Kier molecular flexibility index (Phi) is 39.3. The van der Waals surface area contributed by atoms with Crippen molar-refractivity contribution in [2.45, 2.75) is 241 Å². The number of aliphatic hydroxyl groups excluding tert-OH is 3. The molecule has 0 aromatic heterocycles. The minimum absolute atomic E-state index is 0.0220. The Labute approximate surface area is 526 Å². The Hall–Kier alpha value is -6.56. The summed E-state index contributed by atoms with van der Waals surface area (Å²) in [6.07, 6.45) is 0.935. The molecule has 0 radical (unpaired) electrons. The van der Waals surface area contributed by atoms with Crippen molar-refractivity contribution in [1.82, 2.24) is 58.5 Å². The number of aliphatic hydroxyl groups is 3. The lowest BCUT2D eigenvalue weighted by atomic mass is 9.94. The fourth-order valence-corrected chi connectivity index (χ4v) is 9.19. The summed E-state index contributed by atoms with van der Waals surface area (Å²) in [5, 5.41) is 59.4. The molecule has 0 aliphatic heterocycles. The SMILES string of the molecule is CC[C@H](C)[C@H](N)C(=O)N[C@@H](CC(C)C)C(=O)NCC(=O)N[C@H](C(=O)N[C@H](C(=O)N[C@H](C(=O)N[C@@H](CO)C(=O)N[C@@H](CC(C)C)C(=O)N[C@@H](CC(C)C)C(=O)N[C@@H](CCCCN)C(=O)N[C@@H](CO)C(=O)N[C@@H](CC(C)C)C(N)=O)[C@@H](C)O)[C@@H](C)CC)[C@@H](C)CC. The van der Waals surface area contributed by atoms with E-state index < -0.39 is 175 Å². The number of nitrogens with two attached hydrogens (primary N) is 3. The Morgan fingerprint density at radius 1 is 0.382 bits per heavy atom. The van der Waals surface area contributed by atoms with E-state index in [1.54, 1.807) is 69.2 Å². The highest BCUT2D eigenvalue weighted by molar-refractivity contribution is 5.99. The highest BCUT2D eigenvalue weighted by atomic mass is 16.3. The molecule has 0 aliphatic rings. The van der Waals surface area contributed by atoms with E-state index in [4.69, 9.17) is 17.2 Å². The van der Waals surface area contributed by atoms with Crippen molar-refractivity contribution in [2.75, 3.05) is 26.3 Å². The minimum atomic E-state index is -1.79. The van der Waals surface area contributed by atoms with Gasteiger partial charge < -0.3 is 91.0 Å². The van der Waals surface area contributed by atoms with Gasteiger partial charge in [0.15, 0.2) is 0 Å². The fraction of sp³-hybridized carbons (Fsp3) is 0.800. The molecular weight excluding hydrogens is 1160 g/mol. The second kappa shape index (κ2) is 42.4. The summed E-state index contributed by atoms with van der Waals surface area (Å²) >= 11 is 0. The predicted octanol–water partition coefficient (Wildman–Crippen LogP) is -2.42. The monoisotopic (exact) mass is 1270 g/mol. The van der Waals surface area contributed by atoms with Gasteiger partial charge in [-0.25, -0.2) is 0 Å². The summed E-state index contributed by atoms with van der Waals surface area (Å²) in [4.78, 5) is 163. The lowest BCUT2D eigenvalue weighted by molar-refractivity contribution is -0.138. The molecule has 20 N–H and O–H groups in total. The zero-order chi connectivity index (χ0) is 68.6. The summed E-state index contributed by atoms with van der Waals surface area (Å²) in [7, 11) is 0. The number of hydrogen-bond acceptors (Lipinski definition) is 17. The van der Waals surface area contributed by atoms with Crippen molar-refractivity contribution in [3.63, 3.8) is 0 Å². The molecular formula is C60H112N14O15. The van der Waals surface area contributed by atoms with Crippen molar-refractivity contribution in [1.29, 1.82) is 0 Å². The molecule has 0 aliphatic carbocycles. The van der Waals surface area contributed by atoms with Gasteiger partial charge in [0.25, 0.3) is 0 Å². The number of carbonyl (C=O) groups is 12. The van der Waals surface area contributed by atoms with Gasteiger partial charge in [0.1, 0.15) is 60.4 Å². The maximum Gasteiger partial charge on any atom is 0.245 e. The molecule has 89 heavy (non-hydrogen) atoms. The quantitative estimate of drug-likeness (QED) is 0.0282. The number of unbranched alkanes of at least 4 members (excludes halogenated alkanes) is 1. The molecule has 0 saturated carbocycles. The van der Waals surface area contributed by atoms with Crippen LogP contribution in [0.3, 0.4) is 0 Å². The second-order valence-electron chi connectivity index (χ2n) is 25.2. The first kappa shape index (κ1) is 82.4. The van der Waals surface area contributed by atoms with Crippen molar-refractivity contribution in [3.8, 4) is 0 Å². The van der Waals surface area contributed by atoms with E-state index in [-0.39, 0.29) is 68.2 Å². The molecule has 15 atom stereocenters. The maximum absolute atomic E-state index is 14.2. The van der Waals surface area contributed by atoms with Crippen LogP contribution in [0, 0.1) is 41.4 Å². The van der Waals surface area contributed by atoms with Gasteiger partial charge in [-0.1, -0.05) is 116 Å². The number of rotatable bonds is 44. The van der Waals surface area contributed by atoms with Crippen LogP contribution in [0.15, 0.2) is 0 Å². The Balaban J connectivity index is 6.53. The van der Waals surface area contributed by atoms with Gasteiger partial charge in [-0.2, -0.15) is 0 Å². The van der Waals surface area contributed by atoms with Crippen LogP contribution >= 0.6 is 0 Å². The second-order valence-corrected chi connectivity index (χ2v) is 25.2. The summed E-state index contributed by atoms with van der Waals surface area (Å²) in [5.74, 6) is -11.9. The van der Waals surface area contributed by atoms with Crippen molar-refractivity contribution in [2.24, 2.45) is 58.6 Å². The zero-order valence-corrected chi connectivity index (χ0v) is 55.3. The average molecular weight is 1270 g/mol. The third-order valence-corrected chi connectivity index (χ3v) is 15.2. The molecule has 0 fully saturated rings. The van der Waals surface area contributed by atoms with Crippen LogP contribution in [0.25, 0.3) is 0 Å². The van der Waals surface area contributed by atoms with Crippen molar-refractivity contribution in [3.05, 3.63) is 0 Å². The highest BCUT2D eigenvalue weighted by Crippen LogP contribution is 2.16. The fourth-order valence-electron chi connectivity index (χ4n) is 9.19. The molecule has 12 amide bonds. The van der Waals surface area contributed by atoms with Crippen LogP contribution < -0.4 is 75.7 Å². The van der Waals surface area contributed by atoms with E-state index in [0.717, 1.165) is 0 Å². The van der Waals surface area contributed by atoms with Gasteiger partial charge >= 0.3 is 0 Å². The molecule has 29 nitrogen and oxygen atoms in total. The van der Waals surface area contributed by atoms with Crippen LogP contribution in [0.4, 0.5) is 0 Å². The first-order valence-corrected chi connectivity index (χ1v) is 31.5. The van der Waals surface area contributed by atoms with E-state index in [1.807, 2.05) is 27.7 Å². The molecule has 29 heteroatoms. The first-order valence-electron chi connectivity index (χ1n) is 31.5. The lowest BCUT2D eigenvalue weighted by Gasteiger charge is -2.31. The average Bonchev–Trinajstić information content (AvgIpc) is 2.69. The number of carbonyl (C=O) groups excluding carboxylic acids is 12. The van der Waals surface area contributed by atoms with Crippen LogP contribution in [0.5, 0.6) is 0 Å². The first-order chi connectivity index (χ1) is 41.5. The highest BCUT2D eigenvalue weighted by Gasteiger charge is 2.38. The Bertz CT molecular complexity index is 2290. The molecule has 0 aromatic carbocycles. The molecule has 0 aromatic rings.